The van der Waals surface area contributed by atoms with Crippen molar-refractivity contribution in [3.05, 3.63) is 58.6 Å². The second-order valence-corrected chi connectivity index (χ2v) is 6.90. The average Bonchev–Trinajstić information content (AvgIpc) is 2.61. The van der Waals surface area contributed by atoms with E-state index in [1.165, 1.54) is 0 Å². The Morgan fingerprint density at radius 1 is 1.08 bits per heavy atom. The molecule has 2 aromatic carbocycles. The van der Waals surface area contributed by atoms with Gasteiger partial charge in [0, 0.05) is 23.2 Å². The Labute approximate surface area is 154 Å². The molecule has 0 radical (unpaired) electrons. The first-order valence-corrected chi connectivity index (χ1v) is 8.81. The summed E-state index contributed by atoms with van der Waals surface area (Å²) in [7, 11) is 0. The van der Waals surface area contributed by atoms with Gasteiger partial charge in [-0.1, -0.05) is 41.9 Å². The van der Waals surface area contributed by atoms with Crippen LogP contribution in [0.3, 0.4) is 0 Å². The van der Waals surface area contributed by atoms with Gasteiger partial charge in [0.15, 0.2) is 11.5 Å². The normalized spacial score (nSPS) is 11.4. The minimum atomic E-state index is -0.377. The lowest BCUT2D eigenvalue weighted by Gasteiger charge is -2.24. The van der Waals surface area contributed by atoms with Crippen molar-refractivity contribution < 1.29 is 14.6 Å². The van der Waals surface area contributed by atoms with E-state index in [-0.39, 0.29) is 12.1 Å². The molecule has 0 unspecified atom stereocenters. The monoisotopic (exact) mass is 363 g/mol. The molecule has 0 spiro atoms. The van der Waals surface area contributed by atoms with Crippen molar-refractivity contribution in [2.45, 2.75) is 39.5 Å². The first kappa shape index (κ1) is 19.6. The average molecular weight is 364 g/mol. The van der Waals surface area contributed by atoms with E-state index < -0.39 is 0 Å². The zero-order valence-corrected chi connectivity index (χ0v) is 15.8. The third-order valence-corrected chi connectivity index (χ3v) is 4.15. The molecule has 0 bridgehead atoms. The highest BCUT2D eigenvalue weighted by Crippen LogP contribution is 2.34. The number of aliphatic hydroxyl groups is 1. The molecule has 0 amide bonds. The Bertz CT molecular complexity index is 674. The zero-order valence-electron chi connectivity index (χ0n) is 15.0. The zero-order chi connectivity index (χ0) is 18.3. The molecule has 0 aliphatic carbocycles. The van der Waals surface area contributed by atoms with Crippen molar-refractivity contribution in [3.63, 3.8) is 0 Å². The summed E-state index contributed by atoms with van der Waals surface area (Å²) in [4.78, 5) is 0. The lowest BCUT2D eigenvalue weighted by atomic mass is 10.1. The van der Waals surface area contributed by atoms with Crippen molar-refractivity contribution in [3.8, 4) is 11.5 Å². The van der Waals surface area contributed by atoms with Gasteiger partial charge in [-0.25, -0.2) is 0 Å². The van der Waals surface area contributed by atoms with Gasteiger partial charge in [0.05, 0.1) is 13.2 Å². The van der Waals surface area contributed by atoms with Crippen molar-refractivity contribution in [2.75, 3.05) is 13.2 Å². The molecule has 136 valence electrons. The van der Waals surface area contributed by atoms with Crippen LogP contribution in [-0.2, 0) is 13.2 Å². The molecule has 0 fully saturated rings. The Kier molecular flexibility index (Phi) is 7.12. The second-order valence-electron chi connectivity index (χ2n) is 6.49. The van der Waals surface area contributed by atoms with E-state index in [4.69, 9.17) is 21.1 Å². The lowest BCUT2D eigenvalue weighted by molar-refractivity contribution is 0.187. The number of rotatable bonds is 9. The van der Waals surface area contributed by atoms with Gasteiger partial charge in [-0.3, -0.25) is 0 Å². The first-order valence-electron chi connectivity index (χ1n) is 8.43. The topological polar surface area (TPSA) is 50.7 Å². The summed E-state index contributed by atoms with van der Waals surface area (Å²) < 4.78 is 11.6. The summed E-state index contributed by atoms with van der Waals surface area (Å²) in [5, 5.41) is 13.2. The minimum absolute atomic E-state index is 0.0429. The van der Waals surface area contributed by atoms with E-state index in [1.807, 2.05) is 57.2 Å². The molecular formula is C20H26ClNO3. The first-order chi connectivity index (χ1) is 11.9. The van der Waals surface area contributed by atoms with Gasteiger partial charge >= 0.3 is 0 Å². The maximum absolute atomic E-state index is 9.36. The molecular weight excluding hydrogens is 338 g/mol. The molecule has 0 heterocycles. The molecule has 0 saturated heterocycles. The highest BCUT2D eigenvalue weighted by Gasteiger charge is 2.17. The highest BCUT2D eigenvalue weighted by molar-refractivity contribution is 6.31. The van der Waals surface area contributed by atoms with Crippen molar-refractivity contribution in [1.82, 2.24) is 5.32 Å². The number of benzene rings is 2. The van der Waals surface area contributed by atoms with Gasteiger partial charge in [-0.2, -0.15) is 0 Å². The fourth-order valence-electron chi connectivity index (χ4n) is 2.22. The van der Waals surface area contributed by atoms with E-state index in [9.17, 15) is 5.11 Å². The molecule has 2 N–H and O–H groups in total. The van der Waals surface area contributed by atoms with Crippen LogP contribution < -0.4 is 14.8 Å². The van der Waals surface area contributed by atoms with Crippen LogP contribution in [0.2, 0.25) is 5.02 Å². The predicted molar refractivity (Wildman–Crippen MR) is 101 cm³/mol. The number of hydrogen-bond donors (Lipinski definition) is 2. The lowest BCUT2D eigenvalue weighted by Crippen LogP contribution is -2.42. The van der Waals surface area contributed by atoms with Gasteiger partial charge in [-0.15, -0.1) is 0 Å². The van der Waals surface area contributed by atoms with Crippen LogP contribution in [-0.4, -0.2) is 23.9 Å². The van der Waals surface area contributed by atoms with E-state index in [0.29, 0.717) is 36.3 Å². The standard InChI is InChI=1S/C20H26ClNO3/c1-4-24-18-10-16(12-22-20(2,3)14-23)17(21)11-19(18)25-13-15-8-6-5-7-9-15/h5-11,22-23H,4,12-14H2,1-3H3. The molecule has 0 aliphatic rings. The molecule has 0 aromatic heterocycles. The van der Waals surface area contributed by atoms with Crippen molar-refractivity contribution in [1.29, 1.82) is 0 Å². The summed E-state index contributed by atoms with van der Waals surface area (Å²) >= 11 is 6.42. The number of hydrogen-bond acceptors (Lipinski definition) is 4. The summed E-state index contributed by atoms with van der Waals surface area (Å²) in [6, 6.07) is 13.6. The number of aliphatic hydroxyl groups excluding tert-OH is 1. The van der Waals surface area contributed by atoms with Crippen LogP contribution in [0.1, 0.15) is 31.9 Å². The molecule has 4 nitrogen and oxygen atoms in total. The quantitative estimate of drug-likeness (QED) is 0.701. The smallest absolute Gasteiger partial charge is 0.163 e. The Hall–Kier alpha value is -1.75. The Morgan fingerprint density at radius 3 is 2.40 bits per heavy atom. The van der Waals surface area contributed by atoms with Crippen LogP contribution in [0.15, 0.2) is 42.5 Å². The van der Waals surface area contributed by atoms with Gasteiger partial charge < -0.3 is 19.9 Å². The van der Waals surface area contributed by atoms with Crippen LogP contribution in [0.4, 0.5) is 0 Å². The van der Waals surface area contributed by atoms with E-state index in [2.05, 4.69) is 5.32 Å². The van der Waals surface area contributed by atoms with Gasteiger partial charge in [0.25, 0.3) is 0 Å². The Morgan fingerprint density at radius 2 is 1.76 bits per heavy atom. The van der Waals surface area contributed by atoms with Gasteiger partial charge in [0.1, 0.15) is 6.61 Å². The minimum Gasteiger partial charge on any atom is -0.490 e. The number of nitrogens with one attached hydrogen (secondary N) is 1. The largest absolute Gasteiger partial charge is 0.490 e. The Balaban J connectivity index is 2.15. The SMILES string of the molecule is CCOc1cc(CNC(C)(C)CO)c(Cl)cc1OCc1ccccc1. The van der Waals surface area contributed by atoms with E-state index >= 15 is 0 Å². The third kappa shape index (κ3) is 5.92. The third-order valence-electron chi connectivity index (χ3n) is 3.80. The summed E-state index contributed by atoms with van der Waals surface area (Å²) in [5.41, 5.74) is 1.60. The summed E-state index contributed by atoms with van der Waals surface area (Å²) in [6.45, 7) is 7.36. The second kappa shape index (κ2) is 9.09. The van der Waals surface area contributed by atoms with E-state index in [0.717, 1.165) is 11.1 Å². The fraction of sp³-hybridized carbons (Fsp3) is 0.400. The van der Waals surface area contributed by atoms with Crippen molar-refractivity contribution in [2.24, 2.45) is 0 Å². The number of halogens is 1. The summed E-state index contributed by atoms with van der Waals surface area (Å²) in [5.74, 6) is 1.29. The molecule has 2 aromatic rings. The van der Waals surface area contributed by atoms with Gasteiger partial charge in [0.2, 0.25) is 0 Å². The molecule has 0 aliphatic heterocycles. The van der Waals surface area contributed by atoms with Crippen LogP contribution in [0, 0.1) is 0 Å². The van der Waals surface area contributed by atoms with Crippen LogP contribution in [0.5, 0.6) is 11.5 Å². The van der Waals surface area contributed by atoms with Crippen LogP contribution >= 0.6 is 11.6 Å². The summed E-state index contributed by atoms with van der Waals surface area (Å²) in [6.07, 6.45) is 0. The van der Waals surface area contributed by atoms with Crippen LogP contribution in [0.25, 0.3) is 0 Å². The van der Waals surface area contributed by atoms with Gasteiger partial charge in [-0.05, 0) is 38.0 Å². The molecule has 0 saturated carbocycles. The molecule has 25 heavy (non-hydrogen) atoms. The predicted octanol–water partition coefficient (Wildman–Crippen LogP) is 4.18. The van der Waals surface area contributed by atoms with E-state index in [1.54, 1.807) is 6.07 Å². The number of ether oxygens (including phenoxy) is 2. The highest BCUT2D eigenvalue weighted by atomic mass is 35.5. The van der Waals surface area contributed by atoms with Crippen molar-refractivity contribution >= 4 is 11.6 Å². The fourth-order valence-corrected chi connectivity index (χ4v) is 2.44. The molecule has 2 rings (SSSR count). The maximum Gasteiger partial charge on any atom is 0.163 e. The maximum atomic E-state index is 9.36. The molecule has 0 atom stereocenters. The molecule has 5 heteroatoms.